The van der Waals surface area contributed by atoms with E-state index in [9.17, 15) is 4.79 Å². The van der Waals surface area contributed by atoms with Gasteiger partial charge < -0.3 is 15.6 Å². The van der Waals surface area contributed by atoms with Crippen molar-refractivity contribution in [1.82, 2.24) is 20.1 Å². The predicted octanol–water partition coefficient (Wildman–Crippen LogP) is 0.671. The molecule has 0 atom stereocenters. The number of nitrogens with zero attached hydrogens (tertiary/aromatic N) is 3. The number of amides is 1. The smallest absolute Gasteiger partial charge is 0.230 e. The highest BCUT2D eigenvalue weighted by Gasteiger charge is 2.12. The number of carbonyl (C=O) groups excluding carboxylic acids is 1. The maximum absolute atomic E-state index is 11.7. The van der Waals surface area contributed by atoms with E-state index in [1.165, 1.54) is 11.8 Å². The molecule has 0 spiro atoms. The van der Waals surface area contributed by atoms with E-state index in [0.717, 1.165) is 23.8 Å². The van der Waals surface area contributed by atoms with E-state index in [1.807, 2.05) is 11.6 Å². The van der Waals surface area contributed by atoms with E-state index >= 15 is 0 Å². The SMILES string of the molecule is CCC(CC)NC(=O)CSc1nnc(CN)n1C. The van der Waals surface area contributed by atoms with E-state index in [1.54, 1.807) is 0 Å². The van der Waals surface area contributed by atoms with Crippen molar-refractivity contribution in [2.24, 2.45) is 12.8 Å². The van der Waals surface area contributed by atoms with Gasteiger partial charge in [0.15, 0.2) is 5.16 Å². The Morgan fingerprint density at radius 3 is 2.61 bits per heavy atom. The average molecular weight is 271 g/mol. The third-order valence-electron chi connectivity index (χ3n) is 2.79. The Hall–Kier alpha value is -1.08. The van der Waals surface area contributed by atoms with Crippen molar-refractivity contribution in [3.8, 4) is 0 Å². The second-order valence-electron chi connectivity index (χ2n) is 4.03. The monoisotopic (exact) mass is 271 g/mol. The Bertz CT molecular complexity index is 389. The quantitative estimate of drug-likeness (QED) is 0.712. The van der Waals surface area contributed by atoms with Crippen LogP contribution in [0, 0.1) is 0 Å². The second kappa shape index (κ2) is 7.38. The lowest BCUT2D eigenvalue weighted by molar-refractivity contribution is -0.119. The topological polar surface area (TPSA) is 85.8 Å². The van der Waals surface area contributed by atoms with Crippen molar-refractivity contribution in [2.75, 3.05) is 5.75 Å². The minimum atomic E-state index is 0.0333. The molecule has 1 aromatic rings. The molecular weight excluding hydrogens is 250 g/mol. The van der Waals surface area contributed by atoms with E-state index in [2.05, 4.69) is 29.4 Å². The first kappa shape index (κ1) is 15.0. The van der Waals surface area contributed by atoms with Crippen molar-refractivity contribution >= 4 is 17.7 Å². The zero-order valence-electron chi connectivity index (χ0n) is 11.1. The molecule has 7 heteroatoms. The van der Waals surface area contributed by atoms with Crippen LogP contribution in [0.4, 0.5) is 0 Å². The normalized spacial score (nSPS) is 10.9. The van der Waals surface area contributed by atoms with Crippen LogP contribution in [-0.4, -0.2) is 32.5 Å². The van der Waals surface area contributed by atoms with Crippen molar-refractivity contribution in [3.63, 3.8) is 0 Å². The van der Waals surface area contributed by atoms with Crippen molar-refractivity contribution in [1.29, 1.82) is 0 Å². The van der Waals surface area contributed by atoms with Crippen molar-refractivity contribution < 1.29 is 4.79 Å². The Morgan fingerprint density at radius 1 is 1.44 bits per heavy atom. The lowest BCUT2D eigenvalue weighted by Crippen LogP contribution is -2.35. The highest BCUT2D eigenvalue weighted by atomic mass is 32.2. The number of nitrogens with one attached hydrogen (secondary N) is 1. The fraction of sp³-hybridized carbons (Fsp3) is 0.727. The first-order valence-corrected chi connectivity index (χ1v) is 7.11. The molecule has 0 saturated heterocycles. The molecule has 1 amide bonds. The maximum Gasteiger partial charge on any atom is 0.230 e. The van der Waals surface area contributed by atoms with Gasteiger partial charge in [-0.05, 0) is 12.8 Å². The summed E-state index contributed by atoms with van der Waals surface area (Å²) in [6.07, 6.45) is 1.91. The molecule has 0 bridgehead atoms. The van der Waals surface area contributed by atoms with Crippen LogP contribution in [0.5, 0.6) is 0 Å². The molecule has 102 valence electrons. The zero-order valence-corrected chi connectivity index (χ0v) is 12.0. The van der Waals surface area contributed by atoms with Crippen LogP contribution in [0.15, 0.2) is 5.16 Å². The highest BCUT2D eigenvalue weighted by molar-refractivity contribution is 7.99. The molecule has 0 radical (unpaired) electrons. The summed E-state index contributed by atoms with van der Waals surface area (Å²) in [6.45, 7) is 4.49. The molecule has 0 unspecified atom stereocenters. The van der Waals surface area contributed by atoms with Crippen LogP contribution >= 0.6 is 11.8 Å². The number of rotatable bonds is 7. The first-order valence-electron chi connectivity index (χ1n) is 6.12. The van der Waals surface area contributed by atoms with Crippen molar-refractivity contribution in [3.05, 3.63) is 5.82 Å². The summed E-state index contributed by atoms with van der Waals surface area (Å²) in [7, 11) is 1.85. The second-order valence-corrected chi connectivity index (χ2v) is 4.97. The van der Waals surface area contributed by atoms with Crippen molar-refractivity contribution in [2.45, 2.75) is 44.4 Å². The summed E-state index contributed by atoms with van der Waals surface area (Å²) in [5, 5.41) is 11.6. The van der Waals surface area contributed by atoms with E-state index in [4.69, 9.17) is 5.73 Å². The molecule has 1 aromatic heterocycles. The van der Waals surface area contributed by atoms with Gasteiger partial charge in [-0.25, -0.2) is 0 Å². The molecule has 6 nitrogen and oxygen atoms in total. The molecule has 18 heavy (non-hydrogen) atoms. The summed E-state index contributed by atoms with van der Waals surface area (Å²) >= 11 is 1.38. The number of hydrogen-bond acceptors (Lipinski definition) is 5. The first-order chi connectivity index (χ1) is 8.62. The number of thioether (sulfide) groups is 1. The van der Waals surface area contributed by atoms with Crippen LogP contribution in [-0.2, 0) is 18.4 Å². The number of aromatic nitrogens is 3. The Balaban J connectivity index is 2.44. The van der Waals surface area contributed by atoms with Gasteiger partial charge in [0.2, 0.25) is 5.91 Å². The standard InChI is InChI=1S/C11H21N5OS/c1-4-8(5-2)13-10(17)7-18-11-15-14-9(6-12)16(11)3/h8H,4-7,12H2,1-3H3,(H,13,17). The molecule has 0 aliphatic rings. The molecule has 0 aliphatic heterocycles. The summed E-state index contributed by atoms with van der Waals surface area (Å²) < 4.78 is 1.81. The summed E-state index contributed by atoms with van der Waals surface area (Å²) in [5.41, 5.74) is 5.51. The van der Waals surface area contributed by atoms with Crippen LogP contribution in [0.2, 0.25) is 0 Å². The fourth-order valence-electron chi connectivity index (χ4n) is 1.54. The molecule has 0 saturated carbocycles. The van der Waals surface area contributed by atoms with E-state index in [0.29, 0.717) is 12.3 Å². The summed E-state index contributed by atoms with van der Waals surface area (Å²) in [5.74, 6) is 1.11. The largest absolute Gasteiger partial charge is 0.353 e. The maximum atomic E-state index is 11.7. The van der Waals surface area contributed by atoms with Gasteiger partial charge in [0.05, 0.1) is 12.3 Å². The van der Waals surface area contributed by atoms with Gasteiger partial charge >= 0.3 is 0 Å². The zero-order chi connectivity index (χ0) is 13.5. The van der Waals surface area contributed by atoms with Gasteiger partial charge in [-0.3, -0.25) is 4.79 Å². The summed E-state index contributed by atoms with van der Waals surface area (Å²) in [6, 6.07) is 0.261. The van der Waals surface area contributed by atoms with E-state index < -0.39 is 0 Å². The lowest BCUT2D eigenvalue weighted by Gasteiger charge is -2.14. The van der Waals surface area contributed by atoms with Crippen LogP contribution in [0.1, 0.15) is 32.5 Å². The molecule has 0 aromatic carbocycles. The molecule has 0 fully saturated rings. The average Bonchev–Trinajstić information content (AvgIpc) is 2.74. The fourth-order valence-corrected chi connectivity index (χ4v) is 2.28. The Labute approximate surface area is 112 Å². The minimum Gasteiger partial charge on any atom is -0.353 e. The number of carbonyl (C=O) groups is 1. The molecular formula is C11H21N5OS. The van der Waals surface area contributed by atoms with Gasteiger partial charge in [0, 0.05) is 13.1 Å². The third kappa shape index (κ3) is 3.99. The minimum absolute atomic E-state index is 0.0333. The summed E-state index contributed by atoms with van der Waals surface area (Å²) in [4.78, 5) is 11.7. The van der Waals surface area contributed by atoms with Gasteiger partial charge in [0.25, 0.3) is 0 Å². The number of hydrogen-bond donors (Lipinski definition) is 2. The van der Waals surface area contributed by atoms with Crippen LogP contribution in [0.3, 0.4) is 0 Å². The van der Waals surface area contributed by atoms with Gasteiger partial charge in [-0.1, -0.05) is 25.6 Å². The molecule has 3 N–H and O–H groups in total. The van der Waals surface area contributed by atoms with Crippen LogP contribution in [0.25, 0.3) is 0 Å². The lowest BCUT2D eigenvalue weighted by atomic mass is 10.2. The number of nitrogens with two attached hydrogens (primary N) is 1. The highest BCUT2D eigenvalue weighted by Crippen LogP contribution is 2.15. The van der Waals surface area contributed by atoms with Gasteiger partial charge in [-0.15, -0.1) is 10.2 Å². The van der Waals surface area contributed by atoms with E-state index in [-0.39, 0.29) is 11.9 Å². The Kier molecular flexibility index (Phi) is 6.14. The van der Waals surface area contributed by atoms with Gasteiger partial charge in [0.1, 0.15) is 5.82 Å². The Morgan fingerprint density at radius 2 is 2.11 bits per heavy atom. The predicted molar refractivity (Wildman–Crippen MR) is 72.1 cm³/mol. The molecule has 0 aliphatic carbocycles. The third-order valence-corrected chi connectivity index (χ3v) is 3.81. The van der Waals surface area contributed by atoms with Gasteiger partial charge in [-0.2, -0.15) is 0 Å². The molecule has 1 rings (SSSR count). The molecule has 1 heterocycles. The van der Waals surface area contributed by atoms with Crippen LogP contribution < -0.4 is 11.1 Å².